The summed E-state index contributed by atoms with van der Waals surface area (Å²) in [5.74, 6) is 0.812. The van der Waals surface area contributed by atoms with E-state index in [1.165, 1.54) is 7.11 Å². The maximum absolute atomic E-state index is 11.5. The molecule has 132 valence electrons. The SMILES string of the molecule is COC(=O)c1ccc(Nc2cc(C)nc(NCc3ccccn3)n2)cc1. The van der Waals surface area contributed by atoms with Crippen molar-refractivity contribution >= 4 is 23.4 Å². The van der Waals surface area contributed by atoms with Crippen molar-refractivity contribution in [2.45, 2.75) is 13.5 Å². The van der Waals surface area contributed by atoms with Crippen LogP contribution in [-0.2, 0) is 11.3 Å². The second-order valence-electron chi connectivity index (χ2n) is 5.59. The third-order valence-electron chi connectivity index (χ3n) is 3.59. The normalized spacial score (nSPS) is 10.2. The molecule has 0 aliphatic carbocycles. The minimum atomic E-state index is -0.365. The van der Waals surface area contributed by atoms with Crippen molar-refractivity contribution < 1.29 is 9.53 Å². The van der Waals surface area contributed by atoms with E-state index in [-0.39, 0.29) is 5.97 Å². The fraction of sp³-hybridized carbons (Fsp3) is 0.158. The number of esters is 1. The smallest absolute Gasteiger partial charge is 0.337 e. The van der Waals surface area contributed by atoms with Gasteiger partial charge in [-0.2, -0.15) is 4.98 Å². The molecule has 7 heteroatoms. The van der Waals surface area contributed by atoms with Gasteiger partial charge >= 0.3 is 5.97 Å². The van der Waals surface area contributed by atoms with Crippen molar-refractivity contribution in [1.82, 2.24) is 15.0 Å². The molecule has 3 rings (SSSR count). The van der Waals surface area contributed by atoms with Gasteiger partial charge in [-0.05, 0) is 43.3 Å². The highest BCUT2D eigenvalue weighted by Gasteiger charge is 2.06. The third-order valence-corrected chi connectivity index (χ3v) is 3.59. The molecule has 0 aliphatic heterocycles. The van der Waals surface area contributed by atoms with Crippen LogP contribution >= 0.6 is 0 Å². The number of hydrogen-bond donors (Lipinski definition) is 2. The van der Waals surface area contributed by atoms with Crippen LogP contribution in [0.5, 0.6) is 0 Å². The van der Waals surface area contributed by atoms with Crippen LogP contribution in [-0.4, -0.2) is 28.0 Å². The number of pyridine rings is 1. The first-order valence-corrected chi connectivity index (χ1v) is 8.09. The first kappa shape index (κ1) is 17.3. The second-order valence-corrected chi connectivity index (χ2v) is 5.59. The molecule has 0 saturated heterocycles. The number of aromatic nitrogens is 3. The first-order chi connectivity index (χ1) is 12.6. The Kier molecular flexibility index (Phi) is 5.38. The van der Waals surface area contributed by atoms with E-state index in [4.69, 9.17) is 4.74 Å². The Morgan fingerprint density at radius 2 is 1.92 bits per heavy atom. The van der Waals surface area contributed by atoms with Crippen molar-refractivity contribution in [2.24, 2.45) is 0 Å². The molecule has 0 amide bonds. The molecule has 0 bridgehead atoms. The molecule has 0 fully saturated rings. The van der Waals surface area contributed by atoms with Crippen LogP contribution in [0.1, 0.15) is 21.7 Å². The predicted molar refractivity (Wildman–Crippen MR) is 99.4 cm³/mol. The van der Waals surface area contributed by atoms with Gasteiger partial charge in [0.2, 0.25) is 5.95 Å². The van der Waals surface area contributed by atoms with Gasteiger partial charge in [-0.15, -0.1) is 0 Å². The molecule has 2 N–H and O–H groups in total. The Balaban J connectivity index is 1.70. The van der Waals surface area contributed by atoms with Crippen molar-refractivity contribution in [3.05, 3.63) is 71.7 Å². The molecule has 2 heterocycles. The summed E-state index contributed by atoms with van der Waals surface area (Å²) in [4.78, 5) is 24.6. The van der Waals surface area contributed by atoms with Crippen LogP contribution in [0.4, 0.5) is 17.5 Å². The summed E-state index contributed by atoms with van der Waals surface area (Å²) in [5, 5.41) is 6.38. The Labute approximate surface area is 151 Å². The number of rotatable bonds is 6. The largest absolute Gasteiger partial charge is 0.465 e. The van der Waals surface area contributed by atoms with E-state index in [1.807, 2.05) is 31.2 Å². The Morgan fingerprint density at radius 1 is 1.12 bits per heavy atom. The molecule has 0 saturated carbocycles. The number of nitrogens with one attached hydrogen (secondary N) is 2. The predicted octanol–water partition coefficient (Wildman–Crippen LogP) is 3.32. The average molecular weight is 349 g/mol. The van der Waals surface area contributed by atoms with Crippen LogP contribution < -0.4 is 10.6 Å². The zero-order chi connectivity index (χ0) is 18.4. The van der Waals surface area contributed by atoms with Crippen molar-refractivity contribution in [1.29, 1.82) is 0 Å². The molecule has 0 radical (unpaired) electrons. The van der Waals surface area contributed by atoms with Gasteiger partial charge in [0.05, 0.1) is 24.9 Å². The van der Waals surface area contributed by atoms with Gasteiger partial charge in [0.1, 0.15) is 5.82 Å². The van der Waals surface area contributed by atoms with Gasteiger partial charge in [0.25, 0.3) is 0 Å². The lowest BCUT2D eigenvalue weighted by Gasteiger charge is -2.10. The molecule has 1 aromatic carbocycles. The number of nitrogens with zero attached hydrogens (tertiary/aromatic N) is 3. The lowest BCUT2D eigenvalue weighted by molar-refractivity contribution is 0.0601. The molecule has 3 aromatic rings. The van der Waals surface area contributed by atoms with Gasteiger partial charge in [-0.3, -0.25) is 4.98 Å². The molecule has 0 aliphatic rings. The third kappa shape index (κ3) is 4.54. The monoisotopic (exact) mass is 349 g/mol. The number of ether oxygens (including phenoxy) is 1. The van der Waals surface area contributed by atoms with Gasteiger partial charge in [0, 0.05) is 23.6 Å². The number of methoxy groups -OCH3 is 1. The fourth-order valence-electron chi connectivity index (χ4n) is 2.34. The molecule has 7 nitrogen and oxygen atoms in total. The number of carbonyl (C=O) groups excluding carboxylic acids is 1. The van der Waals surface area contributed by atoms with E-state index in [1.54, 1.807) is 30.5 Å². The highest BCUT2D eigenvalue weighted by molar-refractivity contribution is 5.89. The number of hydrogen-bond acceptors (Lipinski definition) is 7. The fourth-order valence-corrected chi connectivity index (χ4v) is 2.34. The van der Waals surface area contributed by atoms with Crippen LogP contribution in [0.15, 0.2) is 54.7 Å². The van der Waals surface area contributed by atoms with Crippen molar-refractivity contribution in [3.63, 3.8) is 0 Å². The van der Waals surface area contributed by atoms with E-state index in [0.717, 1.165) is 17.1 Å². The summed E-state index contributed by atoms with van der Waals surface area (Å²) in [5.41, 5.74) is 3.05. The van der Waals surface area contributed by atoms with Gasteiger partial charge < -0.3 is 15.4 Å². The molecule has 0 spiro atoms. The van der Waals surface area contributed by atoms with E-state index < -0.39 is 0 Å². The first-order valence-electron chi connectivity index (χ1n) is 8.09. The molecular formula is C19H19N5O2. The van der Waals surface area contributed by atoms with Crippen molar-refractivity contribution in [3.8, 4) is 0 Å². The zero-order valence-electron chi connectivity index (χ0n) is 14.6. The van der Waals surface area contributed by atoms with Crippen LogP contribution in [0, 0.1) is 6.92 Å². The quantitative estimate of drug-likeness (QED) is 0.660. The second kappa shape index (κ2) is 8.06. The Bertz CT molecular complexity index is 882. The Morgan fingerprint density at radius 3 is 2.62 bits per heavy atom. The van der Waals surface area contributed by atoms with E-state index in [9.17, 15) is 4.79 Å². The average Bonchev–Trinajstić information content (AvgIpc) is 2.67. The van der Waals surface area contributed by atoms with Crippen LogP contribution in [0.2, 0.25) is 0 Å². The highest BCUT2D eigenvalue weighted by atomic mass is 16.5. The minimum absolute atomic E-state index is 0.365. The summed E-state index contributed by atoms with van der Waals surface area (Å²) in [6, 6.07) is 14.6. The van der Waals surface area contributed by atoms with E-state index >= 15 is 0 Å². The van der Waals surface area contributed by atoms with E-state index in [0.29, 0.717) is 23.9 Å². The number of carbonyl (C=O) groups is 1. The number of anilines is 3. The van der Waals surface area contributed by atoms with Crippen molar-refractivity contribution in [2.75, 3.05) is 17.7 Å². The maximum atomic E-state index is 11.5. The van der Waals surface area contributed by atoms with Gasteiger partial charge in [-0.25, -0.2) is 9.78 Å². The van der Waals surface area contributed by atoms with E-state index in [2.05, 4.69) is 25.6 Å². The summed E-state index contributed by atoms with van der Waals surface area (Å²) >= 11 is 0. The molecule has 0 unspecified atom stereocenters. The Hall–Kier alpha value is -3.48. The summed E-state index contributed by atoms with van der Waals surface area (Å²) in [7, 11) is 1.36. The molecular weight excluding hydrogens is 330 g/mol. The topological polar surface area (TPSA) is 89.0 Å². The highest BCUT2D eigenvalue weighted by Crippen LogP contribution is 2.18. The summed E-state index contributed by atoms with van der Waals surface area (Å²) in [6.07, 6.45) is 1.75. The standard InChI is InChI=1S/C19H19N5O2/c1-13-11-17(23-15-8-6-14(7-9-15)18(25)26-2)24-19(22-13)21-12-16-5-3-4-10-20-16/h3-11H,12H2,1-2H3,(H2,21,22,23,24). The van der Waals surface area contributed by atoms with Crippen LogP contribution in [0.3, 0.4) is 0 Å². The number of aryl methyl sites for hydroxylation is 1. The molecule has 26 heavy (non-hydrogen) atoms. The van der Waals surface area contributed by atoms with Gasteiger partial charge in [-0.1, -0.05) is 6.07 Å². The zero-order valence-corrected chi connectivity index (χ0v) is 14.6. The minimum Gasteiger partial charge on any atom is -0.465 e. The summed E-state index contributed by atoms with van der Waals surface area (Å²) < 4.78 is 4.70. The maximum Gasteiger partial charge on any atom is 0.337 e. The number of benzene rings is 1. The summed E-state index contributed by atoms with van der Waals surface area (Å²) in [6.45, 7) is 2.44. The molecule has 2 aromatic heterocycles. The lowest BCUT2D eigenvalue weighted by atomic mass is 10.2. The van der Waals surface area contributed by atoms with Gasteiger partial charge in [0.15, 0.2) is 0 Å². The molecule has 0 atom stereocenters. The lowest BCUT2D eigenvalue weighted by Crippen LogP contribution is -2.07. The van der Waals surface area contributed by atoms with Crippen LogP contribution in [0.25, 0.3) is 0 Å².